The maximum Gasteiger partial charge on any atom is 0.449 e. The van der Waals surface area contributed by atoms with Gasteiger partial charge in [0, 0.05) is 25.3 Å². The van der Waals surface area contributed by atoms with Crippen LogP contribution in [0.1, 0.15) is 40.2 Å². The quantitative estimate of drug-likeness (QED) is 0.301. The summed E-state index contributed by atoms with van der Waals surface area (Å²) < 4.78 is 78.2. The average Bonchev–Trinajstić information content (AvgIpc) is 3.39. The number of sulfonamides is 1. The molecule has 0 aliphatic carbocycles. The highest BCUT2D eigenvalue weighted by Gasteiger charge is 2.36. The van der Waals surface area contributed by atoms with Crippen LogP contribution in [0.15, 0.2) is 57.8 Å². The number of methoxy groups -OCH3 is 1. The van der Waals surface area contributed by atoms with E-state index in [1.807, 2.05) is 6.92 Å². The number of furan rings is 1. The van der Waals surface area contributed by atoms with Gasteiger partial charge in [-0.1, -0.05) is 29.8 Å². The van der Waals surface area contributed by atoms with Crippen LogP contribution in [0.5, 0.6) is 0 Å². The molecule has 0 atom stereocenters. The summed E-state index contributed by atoms with van der Waals surface area (Å²) in [5.41, 5.74) is 3.01. The van der Waals surface area contributed by atoms with Crippen LogP contribution in [0.25, 0.3) is 0 Å². The van der Waals surface area contributed by atoms with Crippen molar-refractivity contribution in [3.05, 3.63) is 82.3 Å². The first-order chi connectivity index (χ1) is 19.7. The predicted octanol–water partition coefficient (Wildman–Crippen LogP) is 5.42. The number of halogens is 3. The predicted molar refractivity (Wildman–Crippen MR) is 148 cm³/mol. The number of carbonyl (C=O) groups excluding carboxylic acids is 2. The van der Waals surface area contributed by atoms with Gasteiger partial charge >= 0.3 is 18.2 Å². The first-order valence-corrected chi connectivity index (χ1v) is 14.6. The molecule has 1 saturated heterocycles. The Morgan fingerprint density at radius 1 is 1.00 bits per heavy atom. The van der Waals surface area contributed by atoms with Crippen molar-refractivity contribution in [1.82, 2.24) is 9.21 Å². The lowest BCUT2D eigenvalue weighted by Gasteiger charge is -2.35. The first kappa shape index (κ1) is 31.1. The number of amides is 2. The summed E-state index contributed by atoms with van der Waals surface area (Å²) in [5, 5.41) is 0. The van der Waals surface area contributed by atoms with Gasteiger partial charge in [-0.05, 0) is 68.1 Å². The van der Waals surface area contributed by atoms with E-state index in [2.05, 4.69) is 4.74 Å². The highest BCUT2D eigenvalue weighted by Crippen LogP contribution is 2.33. The molecule has 4 rings (SSSR count). The lowest BCUT2D eigenvalue weighted by atomic mass is 10.1. The lowest BCUT2D eigenvalue weighted by Crippen LogP contribution is -2.51. The molecule has 226 valence electrons. The molecule has 1 aromatic heterocycles. The molecule has 0 bridgehead atoms. The second-order valence-corrected chi connectivity index (χ2v) is 12.1. The van der Waals surface area contributed by atoms with Crippen LogP contribution in [0.4, 0.5) is 23.7 Å². The molecule has 3 aromatic rings. The van der Waals surface area contributed by atoms with Crippen LogP contribution in [-0.4, -0.2) is 56.4 Å². The minimum atomic E-state index is -4.71. The fourth-order valence-electron chi connectivity index (χ4n) is 5.09. The summed E-state index contributed by atoms with van der Waals surface area (Å²) in [6, 6.07) is 11.6. The Balaban J connectivity index is 1.63. The van der Waals surface area contributed by atoms with Gasteiger partial charge in [-0.2, -0.15) is 17.5 Å². The number of benzene rings is 2. The zero-order valence-corrected chi connectivity index (χ0v) is 24.5. The third kappa shape index (κ3) is 6.79. The van der Waals surface area contributed by atoms with Crippen molar-refractivity contribution in [1.29, 1.82) is 0 Å². The van der Waals surface area contributed by atoms with Gasteiger partial charge in [0.1, 0.15) is 12.3 Å². The number of urea groups is 1. The minimum absolute atomic E-state index is 0.0805. The van der Waals surface area contributed by atoms with Crippen LogP contribution in [0, 0.1) is 20.8 Å². The van der Waals surface area contributed by atoms with E-state index in [4.69, 9.17) is 4.42 Å². The molecule has 0 radical (unpaired) electrons. The Bertz CT molecular complexity index is 1540. The van der Waals surface area contributed by atoms with Crippen LogP contribution in [0.2, 0.25) is 0 Å². The average molecular weight is 608 g/mol. The number of carbonyl (C=O) groups is 2. The molecule has 2 amide bonds. The Hall–Kier alpha value is -3.84. The summed E-state index contributed by atoms with van der Waals surface area (Å²) >= 11 is 0. The Labute approximate surface area is 242 Å². The van der Waals surface area contributed by atoms with Gasteiger partial charge < -0.3 is 14.1 Å². The molecule has 0 N–H and O–H groups in total. The number of rotatable bonds is 9. The van der Waals surface area contributed by atoms with Gasteiger partial charge in [-0.15, -0.1) is 0 Å². The van der Waals surface area contributed by atoms with Gasteiger partial charge in [0.25, 0.3) is 0 Å². The Morgan fingerprint density at radius 3 is 2.21 bits per heavy atom. The van der Waals surface area contributed by atoms with E-state index in [0.29, 0.717) is 41.9 Å². The van der Waals surface area contributed by atoms with Crippen molar-refractivity contribution >= 4 is 27.7 Å². The molecular weight excluding hydrogens is 575 g/mol. The van der Waals surface area contributed by atoms with Gasteiger partial charge in [0.15, 0.2) is 0 Å². The van der Waals surface area contributed by atoms with Crippen LogP contribution in [-0.2, 0) is 38.8 Å². The summed E-state index contributed by atoms with van der Waals surface area (Å²) in [6.45, 7) is 5.27. The molecule has 0 unspecified atom stereocenters. The molecule has 42 heavy (non-hydrogen) atoms. The summed E-state index contributed by atoms with van der Waals surface area (Å²) in [7, 11) is -2.94. The molecule has 2 aromatic carbocycles. The maximum atomic E-state index is 14.0. The van der Waals surface area contributed by atoms with Crippen molar-refractivity contribution in [3.8, 4) is 0 Å². The van der Waals surface area contributed by atoms with Crippen molar-refractivity contribution in [2.45, 2.75) is 51.4 Å². The first-order valence-electron chi connectivity index (χ1n) is 13.2. The Morgan fingerprint density at radius 2 is 1.64 bits per heavy atom. The molecule has 0 saturated carbocycles. The molecule has 2 heterocycles. The van der Waals surface area contributed by atoms with Gasteiger partial charge in [0.05, 0.1) is 18.6 Å². The van der Waals surface area contributed by atoms with Crippen LogP contribution < -0.4 is 4.90 Å². The third-order valence-electron chi connectivity index (χ3n) is 6.94. The summed E-state index contributed by atoms with van der Waals surface area (Å²) in [5.74, 6) is -1.90. The van der Waals surface area contributed by atoms with E-state index >= 15 is 0 Å². The number of esters is 1. The highest BCUT2D eigenvalue weighted by atomic mass is 32.2. The monoisotopic (exact) mass is 607 g/mol. The minimum Gasteiger partial charge on any atom is -0.468 e. The molecule has 1 aliphatic rings. The number of ether oxygens (including phenoxy) is 1. The number of anilines is 1. The standard InChI is InChI=1S/C29H32F3N3O6S/c1-19-14-20(2)27(21(3)15-19)42(38,39)34(17-24-10-11-25(41-24)29(30,31)32)16-22-6-8-23(9-7-22)35-13-5-12-33(28(35)37)18-26(36)40-4/h6-11,14-15H,5,12-13,16-18H2,1-4H3. The second kappa shape index (κ2) is 12.2. The second-order valence-electron chi connectivity index (χ2n) is 10.2. The number of nitrogens with zero attached hydrogens (tertiary/aromatic N) is 3. The van der Waals surface area contributed by atoms with Gasteiger partial charge in [-0.25, -0.2) is 13.2 Å². The van der Waals surface area contributed by atoms with E-state index in [1.54, 1.807) is 50.2 Å². The molecule has 1 aliphatic heterocycles. The van der Waals surface area contributed by atoms with Crippen LogP contribution in [0.3, 0.4) is 0 Å². The zero-order chi connectivity index (χ0) is 30.8. The summed E-state index contributed by atoms with van der Waals surface area (Å²) in [6.07, 6.45) is -4.07. The van der Waals surface area contributed by atoms with E-state index < -0.39 is 34.5 Å². The van der Waals surface area contributed by atoms with Crippen molar-refractivity contribution in [2.75, 3.05) is 31.6 Å². The number of alkyl halides is 3. The normalized spacial score (nSPS) is 14.5. The smallest absolute Gasteiger partial charge is 0.449 e. The molecule has 1 fully saturated rings. The van der Waals surface area contributed by atoms with Crippen molar-refractivity contribution in [3.63, 3.8) is 0 Å². The maximum absolute atomic E-state index is 14.0. The molecule has 9 nitrogen and oxygen atoms in total. The SMILES string of the molecule is COC(=O)CN1CCCN(c2ccc(CN(Cc3ccc(C(F)(F)F)o3)S(=O)(=O)c3c(C)cc(C)cc3C)cc2)C1=O. The van der Waals surface area contributed by atoms with E-state index in [1.165, 1.54) is 16.9 Å². The molecule has 13 heteroatoms. The number of aryl methyl sites for hydroxylation is 3. The fourth-order valence-corrected chi connectivity index (χ4v) is 6.90. The van der Waals surface area contributed by atoms with Crippen LogP contribution >= 0.6 is 0 Å². The number of hydrogen-bond donors (Lipinski definition) is 0. The topological polar surface area (TPSA) is 100 Å². The van der Waals surface area contributed by atoms with E-state index in [9.17, 15) is 31.2 Å². The molecule has 0 spiro atoms. The number of hydrogen-bond acceptors (Lipinski definition) is 6. The van der Waals surface area contributed by atoms with Crippen molar-refractivity contribution < 1.29 is 40.3 Å². The largest absolute Gasteiger partial charge is 0.468 e. The third-order valence-corrected chi connectivity index (χ3v) is 9.04. The van der Waals surface area contributed by atoms with E-state index in [0.717, 1.165) is 22.0 Å². The fraction of sp³-hybridized carbons (Fsp3) is 0.379. The van der Waals surface area contributed by atoms with Gasteiger partial charge in [-0.3, -0.25) is 9.69 Å². The van der Waals surface area contributed by atoms with E-state index in [-0.39, 0.29) is 29.8 Å². The Kier molecular flexibility index (Phi) is 9.02. The lowest BCUT2D eigenvalue weighted by molar-refractivity contribution is -0.153. The van der Waals surface area contributed by atoms with Crippen molar-refractivity contribution in [2.24, 2.45) is 0 Å². The summed E-state index contributed by atoms with van der Waals surface area (Å²) in [4.78, 5) is 27.6. The molecular formula is C29H32F3N3O6S. The highest BCUT2D eigenvalue weighted by molar-refractivity contribution is 7.89. The van der Waals surface area contributed by atoms with Gasteiger partial charge in [0.2, 0.25) is 15.8 Å². The zero-order valence-electron chi connectivity index (χ0n) is 23.7.